The third-order valence-electron chi connectivity index (χ3n) is 2.88. The quantitative estimate of drug-likeness (QED) is 0.561. The zero-order valence-electron chi connectivity index (χ0n) is 12.3. The maximum atomic E-state index is 3.80. The van der Waals surface area contributed by atoms with E-state index in [-0.39, 0.29) is 0 Å². The Morgan fingerprint density at radius 3 is 2.30 bits per heavy atom. The van der Waals surface area contributed by atoms with Crippen molar-refractivity contribution in [3.8, 4) is 0 Å². The molecule has 0 atom stereocenters. The molecule has 0 fully saturated rings. The topological polar surface area (TPSA) is 0 Å². The van der Waals surface area contributed by atoms with E-state index < -0.39 is 0 Å². The second kappa shape index (κ2) is 8.71. The van der Waals surface area contributed by atoms with Gasteiger partial charge in [0.05, 0.1) is 0 Å². The van der Waals surface area contributed by atoms with Crippen molar-refractivity contribution in [1.29, 1.82) is 0 Å². The van der Waals surface area contributed by atoms with Gasteiger partial charge in [0.25, 0.3) is 0 Å². The van der Waals surface area contributed by atoms with Crippen LogP contribution < -0.4 is 0 Å². The van der Waals surface area contributed by atoms with E-state index in [0.29, 0.717) is 0 Å². The molecule has 0 heterocycles. The minimum atomic E-state index is 1.06. The first-order valence-electron chi connectivity index (χ1n) is 6.74. The number of hydrogen-bond acceptors (Lipinski definition) is 0. The van der Waals surface area contributed by atoms with E-state index in [4.69, 9.17) is 0 Å². The highest BCUT2D eigenvalue weighted by Gasteiger charge is 1.94. The lowest BCUT2D eigenvalue weighted by atomic mass is 10.0. The summed E-state index contributed by atoms with van der Waals surface area (Å²) in [7, 11) is 0. The smallest absolute Gasteiger partial charge is 0.0187 e. The molecule has 0 aliphatic heterocycles. The molecule has 0 aliphatic rings. The molecule has 0 radical (unpaired) electrons. The third kappa shape index (κ3) is 5.11. The van der Waals surface area contributed by atoms with Crippen LogP contribution in [0.3, 0.4) is 0 Å². The summed E-state index contributed by atoms with van der Waals surface area (Å²) >= 11 is 0. The van der Waals surface area contributed by atoms with E-state index in [2.05, 4.69) is 75.6 Å². The number of hydrogen-bond donors (Lipinski definition) is 0. The average Bonchev–Trinajstić information content (AvgIpc) is 2.48. The fraction of sp³-hybridized carbons (Fsp3) is 0.100. The van der Waals surface area contributed by atoms with Crippen molar-refractivity contribution < 1.29 is 0 Å². The lowest BCUT2D eigenvalue weighted by Gasteiger charge is -2.01. The minimum Gasteiger partial charge on any atom is -0.0990 e. The van der Waals surface area contributed by atoms with Gasteiger partial charge >= 0.3 is 0 Å². The molecular formula is C20H22. The SMILES string of the molecule is C=C/C=C(C=C)/C=C(C)/C=C\C(=C/C)c1ccccc1. The zero-order valence-corrected chi connectivity index (χ0v) is 12.3. The fourth-order valence-corrected chi connectivity index (χ4v) is 1.83. The Kier molecular flexibility index (Phi) is 6.84. The van der Waals surface area contributed by atoms with Crippen LogP contribution in [0.5, 0.6) is 0 Å². The van der Waals surface area contributed by atoms with Crippen LogP contribution in [-0.4, -0.2) is 0 Å². The van der Waals surface area contributed by atoms with Crippen LogP contribution in [0.15, 0.2) is 97.2 Å². The van der Waals surface area contributed by atoms with E-state index in [1.54, 1.807) is 6.08 Å². The van der Waals surface area contributed by atoms with Gasteiger partial charge in [0.15, 0.2) is 0 Å². The Balaban J connectivity index is 2.91. The number of allylic oxidation sites excluding steroid dienone is 10. The van der Waals surface area contributed by atoms with Gasteiger partial charge in [-0.2, -0.15) is 0 Å². The zero-order chi connectivity index (χ0) is 14.8. The van der Waals surface area contributed by atoms with Crippen molar-refractivity contribution in [1.82, 2.24) is 0 Å². The summed E-state index contributed by atoms with van der Waals surface area (Å²) in [4.78, 5) is 0. The molecule has 1 aromatic rings. The summed E-state index contributed by atoms with van der Waals surface area (Å²) in [6.45, 7) is 11.6. The Hall–Kier alpha value is -2.34. The van der Waals surface area contributed by atoms with Crippen LogP contribution in [-0.2, 0) is 0 Å². The van der Waals surface area contributed by atoms with Crippen molar-refractivity contribution >= 4 is 5.57 Å². The van der Waals surface area contributed by atoms with Gasteiger partial charge in [-0.1, -0.05) is 91.6 Å². The highest BCUT2D eigenvalue weighted by Crippen LogP contribution is 2.16. The van der Waals surface area contributed by atoms with Crippen LogP contribution in [0, 0.1) is 0 Å². The number of rotatable bonds is 6. The molecule has 0 nitrogen and oxygen atoms in total. The van der Waals surface area contributed by atoms with Gasteiger partial charge in [0, 0.05) is 0 Å². The Morgan fingerprint density at radius 1 is 1.05 bits per heavy atom. The third-order valence-corrected chi connectivity index (χ3v) is 2.88. The molecule has 102 valence electrons. The van der Waals surface area contributed by atoms with Crippen molar-refractivity contribution in [2.75, 3.05) is 0 Å². The summed E-state index contributed by atoms with van der Waals surface area (Å²) in [5.41, 5.74) is 4.67. The predicted molar refractivity (Wildman–Crippen MR) is 91.5 cm³/mol. The van der Waals surface area contributed by atoms with Gasteiger partial charge in [0.1, 0.15) is 0 Å². The van der Waals surface area contributed by atoms with Crippen LogP contribution in [0.2, 0.25) is 0 Å². The molecule has 0 heteroatoms. The first-order chi connectivity index (χ1) is 9.71. The Labute approximate surface area is 122 Å². The van der Waals surface area contributed by atoms with Gasteiger partial charge in [-0.05, 0) is 30.6 Å². The predicted octanol–water partition coefficient (Wildman–Crippen LogP) is 5.89. The molecule has 1 aromatic carbocycles. The highest BCUT2D eigenvalue weighted by atomic mass is 14.0. The van der Waals surface area contributed by atoms with E-state index >= 15 is 0 Å². The van der Waals surface area contributed by atoms with Crippen molar-refractivity contribution in [3.05, 3.63) is 103 Å². The first-order valence-corrected chi connectivity index (χ1v) is 6.74. The molecule has 0 saturated heterocycles. The van der Waals surface area contributed by atoms with Gasteiger partial charge in [-0.3, -0.25) is 0 Å². The van der Waals surface area contributed by atoms with Gasteiger partial charge in [-0.15, -0.1) is 0 Å². The fourth-order valence-electron chi connectivity index (χ4n) is 1.83. The average molecular weight is 262 g/mol. The van der Waals surface area contributed by atoms with Crippen molar-refractivity contribution in [2.24, 2.45) is 0 Å². The molecule has 0 unspecified atom stereocenters. The van der Waals surface area contributed by atoms with Gasteiger partial charge < -0.3 is 0 Å². The number of benzene rings is 1. The van der Waals surface area contributed by atoms with Crippen molar-refractivity contribution in [2.45, 2.75) is 13.8 Å². The Morgan fingerprint density at radius 2 is 1.75 bits per heavy atom. The van der Waals surface area contributed by atoms with E-state index in [0.717, 1.165) is 5.57 Å². The molecule has 0 N–H and O–H groups in total. The van der Waals surface area contributed by atoms with E-state index in [1.165, 1.54) is 16.7 Å². The standard InChI is InChI=1S/C20H22/c1-5-11-18(6-2)16-17(4)14-15-19(7-3)20-12-9-8-10-13-20/h5-16H,1-2H2,3-4H3/b15-14-,17-16+,18-11+,19-7+. The minimum absolute atomic E-state index is 1.06. The van der Waals surface area contributed by atoms with Gasteiger partial charge in [-0.25, -0.2) is 0 Å². The largest absolute Gasteiger partial charge is 0.0990 e. The maximum absolute atomic E-state index is 3.80. The van der Waals surface area contributed by atoms with Crippen LogP contribution in [0.1, 0.15) is 19.4 Å². The molecule has 0 saturated carbocycles. The molecule has 0 bridgehead atoms. The molecule has 0 aromatic heterocycles. The van der Waals surface area contributed by atoms with Crippen LogP contribution in [0.4, 0.5) is 0 Å². The maximum Gasteiger partial charge on any atom is -0.0187 e. The van der Waals surface area contributed by atoms with Crippen LogP contribution in [0.25, 0.3) is 5.57 Å². The first kappa shape index (κ1) is 15.7. The molecule has 20 heavy (non-hydrogen) atoms. The monoisotopic (exact) mass is 262 g/mol. The van der Waals surface area contributed by atoms with Crippen molar-refractivity contribution in [3.63, 3.8) is 0 Å². The summed E-state index contributed by atoms with van der Waals surface area (Å²) in [6, 6.07) is 10.4. The molecule has 0 spiro atoms. The highest BCUT2D eigenvalue weighted by molar-refractivity contribution is 5.74. The Bertz CT molecular complexity index is 563. The summed E-state index contributed by atoms with van der Waals surface area (Å²) in [6.07, 6.45) is 14.0. The summed E-state index contributed by atoms with van der Waals surface area (Å²) < 4.78 is 0. The van der Waals surface area contributed by atoms with E-state index in [1.807, 2.05) is 18.2 Å². The molecular weight excluding hydrogens is 240 g/mol. The summed E-state index contributed by atoms with van der Waals surface area (Å²) in [5, 5.41) is 0. The van der Waals surface area contributed by atoms with Gasteiger partial charge in [0.2, 0.25) is 0 Å². The summed E-state index contributed by atoms with van der Waals surface area (Å²) in [5.74, 6) is 0. The van der Waals surface area contributed by atoms with Crippen LogP contribution >= 0.6 is 0 Å². The lowest BCUT2D eigenvalue weighted by molar-refractivity contribution is 1.48. The molecule has 0 amide bonds. The lowest BCUT2D eigenvalue weighted by Crippen LogP contribution is -1.80. The molecule has 0 aliphatic carbocycles. The second-order valence-corrected chi connectivity index (χ2v) is 4.44. The van der Waals surface area contributed by atoms with E-state index in [9.17, 15) is 0 Å². The normalized spacial score (nSPS) is 13.6. The second-order valence-electron chi connectivity index (χ2n) is 4.44. The molecule has 1 rings (SSSR count).